The first-order valence-electron chi connectivity index (χ1n) is 7.34. The van der Waals surface area contributed by atoms with E-state index in [1.54, 1.807) is 0 Å². The Bertz CT molecular complexity index is 544. The highest BCUT2D eigenvalue weighted by atomic mass is 16.5. The molecule has 20 heavy (non-hydrogen) atoms. The minimum atomic E-state index is 0.284. The molecule has 0 amide bonds. The van der Waals surface area contributed by atoms with Gasteiger partial charge in [-0.05, 0) is 30.4 Å². The summed E-state index contributed by atoms with van der Waals surface area (Å²) in [5.41, 5.74) is 2.56. The van der Waals surface area contributed by atoms with Crippen molar-refractivity contribution >= 4 is 6.08 Å². The van der Waals surface area contributed by atoms with Crippen LogP contribution in [0.1, 0.15) is 36.5 Å². The molecule has 0 unspecified atom stereocenters. The standard InChI is InChI=1S/C19H20O/c1-3-8-16(9-4-1)10-7-13-18-14-15-19(20-18)17-11-5-2-6-12-17/h1-12,18-19H,13-15H2/b10-7+/t18-,19+/m1/s1. The highest BCUT2D eigenvalue weighted by Gasteiger charge is 2.25. The SMILES string of the molecule is C(=C\c1ccccc1)/C[C@@H]1CC[C@@H](c2ccccc2)O1. The summed E-state index contributed by atoms with van der Waals surface area (Å²) >= 11 is 0. The summed E-state index contributed by atoms with van der Waals surface area (Å²) in [6.45, 7) is 0. The molecule has 1 heterocycles. The van der Waals surface area contributed by atoms with Crippen molar-refractivity contribution in [2.45, 2.75) is 31.5 Å². The van der Waals surface area contributed by atoms with Gasteiger partial charge in [-0.2, -0.15) is 0 Å². The molecular weight excluding hydrogens is 244 g/mol. The van der Waals surface area contributed by atoms with Gasteiger partial charge in [-0.3, -0.25) is 0 Å². The zero-order valence-electron chi connectivity index (χ0n) is 11.6. The molecular formula is C19H20O. The van der Waals surface area contributed by atoms with Crippen molar-refractivity contribution in [2.75, 3.05) is 0 Å². The van der Waals surface area contributed by atoms with Crippen LogP contribution in [0.25, 0.3) is 6.08 Å². The Morgan fingerprint density at radius 3 is 2.35 bits per heavy atom. The lowest BCUT2D eigenvalue weighted by Crippen LogP contribution is -2.04. The molecule has 2 aromatic carbocycles. The zero-order valence-corrected chi connectivity index (χ0v) is 11.6. The minimum Gasteiger partial charge on any atom is -0.370 e. The second kappa shape index (κ2) is 6.53. The third-order valence-corrected chi connectivity index (χ3v) is 3.79. The smallest absolute Gasteiger partial charge is 0.0829 e. The van der Waals surface area contributed by atoms with Crippen LogP contribution in [0.2, 0.25) is 0 Å². The van der Waals surface area contributed by atoms with Crippen LogP contribution in [-0.2, 0) is 4.74 Å². The largest absolute Gasteiger partial charge is 0.370 e. The topological polar surface area (TPSA) is 9.23 Å². The van der Waals surface area contributed by atoms with Crippen molar-refractivity contribution in [1.29, 1.82) is 0 Å². The summed E-state index contributed by atoms with van der Waals surface area (Å²) < 4.78 is 6.13. The Hall–Kier alpha value is -1.86. The van der Waals surface area contributed by atoms with Crippen molar-refractivity contribution in [3.05, 3.63) is 77.9 Å². The normalized spacial score (nSPS) is 22.4. The van der Waals surface area contributed by atoms with Crippen LogP contribution in [-0.4, -0.2) is 6.10 Å². The van der Waals surface area contributed by atoms with Crippen molar-refractivity contribution in [3.8, 4) is 0 Å². The van der Waals surface area contributed by atoms with E-state index in [1.807, 2.05) is 6.07 Å². The van der Waals surface area contributed by atoms with Gasteiger partial charge < -0.3 is 4.74 Å². The van der Waals surface area contributed by atoms with Gasteiger partial charge in [0.1, 0.15) is 0 Å². The van der Waals surface area contributed by atoms with E-state index in [0.29, 0.717) is 6.10 Å². The van der Waals surface area contributed by atoms with Crippen LogP contribution >= 0.6 is 0 Å². The molecule has 0 N–H and O–H groups in total. The molecule has 0 radical (unpaired) electrons. The molecule has 1 heteroatoms. The first-order valence-corrected chi connectivity index (χ1v) is 7.34. The third-order valence-electron chi connectivity index (χ3n) is 3.79. The maximum atomic E-state index is 6.13. The lowest BCUT2D eigenvalue weighted by Gasteiger charge is -2.12. The second-order valence-corrected chi connectivity index (χ2v) is 5.28. The fourth-order valence-electron chi connectivity index (χ4n) is 2.71. The Balaban J connectivity index is 1.52. The van der Waals surface area contributed by atoms with Gasteiger partial charge in [-0.25, -0.2) is 0 Å². The molecule has 1 nitrogen and oxygen atoms in total. The molecule has 3 rings (SSSR count). The summed E-state index contributed by atoms with van der Waals surface area (Å²) in [6.07, 6.45) is 8.34. The van der Waals surface area contributed by atoms with E-state index in [0.717, 1.165) is 19.3 Å². The fraction of sp³-hybridized carbons (Fsp3) is 0.263. The van der Waals surface area contributed by atoms with Gasteiger partial charge in [0.25, 0.3) is 0 Å². The third kappa shape index (κ3) is 3.37. The summed E-state index contributed by atoms with van der Waals surface area (Å²) in [6, 6.07) is 21.0. The van der Waals surface area contributed by atoms with E-state index in [2.05, 4.69) is 66.7 Å². The fourth-order valence-corrected chi connectivity index (χ4v) is 2.71. The summed E-state index contributed by atoms with van der Waals surface area (Å²) in [5.74, 6) is 0. The van der Waals surface area contributed by atoms with E-state index in [9.17, 15) is 0 Å². The van der Waals surface area contributed by atoms with Crippen LogP contribution in [0.4, 0.5) is 0 Å². The molecule has 0 spiro atoms. The maximum Gasteiger partial charge on any atom is 0.0829 e. The average molecular weight is 264 g/mol. The van der Waals surface area contributed by atoms with Crippen LogP contribution in [0, 0.1) is 0 Å². The minimum absolute atomic E-state index is 0.284. The highest BCUT2D eigenvalue weighted by Crippen LogP contribution is 2.33. The summed E-state index contributed by atoms with van der Waals surface area (Å²) in [4.78, 5) is 0. The molecule has 0 aromatic heterocycles. The molecule has 0 bridgehead atoms. The second-order valence-electron chi connectivity index (χ2n) is 5.28. The molecule has 1 fully saturated rings. The van der Waals surface area contributed by atoms with E-state index in [4.69, 9.17) is 4.74 Å². The van der Waals surface area contributed by atoms with Gasteiger partial charge in [0.05, 0.1) is 12.2 Å². The molecule has 1 aliphatic heterocycles. The quantitative estimate of drug-likeness (QED) is 0.754. The van der Waals surface area contributed by atoms with E-state index in [1.165, 1.54) is 11.1 Å². The molecule has 2 atom stereocenters. The molecule has 1 saturated heterocycles. The Labute approximate surface area is 120 Å². The molecule has 2 aromatic rings. The first-order chi connectivity index (χ1) is 9.92. The van der Waals surface area contributed by atoms with E-state index < -0.39 is 0 Å². The number of hydrogen-bond acceptors (Lipinski definition) is 1. The van der Waals surface area contributed by atoms with Crippen LogP contribution < -0.4 is 0 Å². The van der Waals surface area contributed by atoms with E-state index >= 15 is 0 Å². The van der Waals surface area contributed by atoms with Gasteiger partial charge in [-0.15, -0.1) is 0 Å². The summed E-state index contributed by atoms with van der Waals surface area (Å²) in [5, 5.41) is 0. The van der Waals surface area contributed by atoms with Gasteiger partial charge in [0.2, 0.25) is 0 Å². The number of ether oxygens (including phenoxy) is 1. The van der Waals surface area contributed by atoms with Crippen molar-refractivity contribution in [1.82, 2.24) is 0 Å². The molecule has 0 saturated carbocycles. The number of benzene rings is 2. The predicted octanol–water partition coefficient (Wildman–Crippen LogP) is 5.01. The zero-order chi connectivity index (χ0) is 13.6. The van der Waals surface area contributed by atoms with Crippen LogP contribution in [0.5, 0.6) is 0 Å². The van der Waals surface area contributed by atoms with Crippen molar-refractivity contribution in [3.63, 3.8) is 0 Å². The average Bonchev–Trinajstić information content (AvgIpc) is 2.98. The highest BCUT2D eigenvalue weighted by molar-refractivity contribution is 5.48. The first kappa shape index (κ1) is 13.1. The predicted molar refractivity (Wildman–Crippen MR) is 83.4 cm³/mol. The lowest BCUT2D eigenvalue weighted by molar-refractivity contribution is 0.0467. The van der Waals surface area contributed by atoms with Crippen LogP contribution in [0.15, 0.2) is 66.7 Å². The van der Waals surface area contributed by atoms with Gasteiger partial charge in [-0.1, -0.05) is 72.8 Å². The molecule has 1 aliphatic rings. The Kier molecular flexibility index (Phi) is 4.29. The lowest BCUT2D eigenvalue weighted by atomic mass is 10.1. The number of rotatable bonds is 4. The maximum absolute atomic E-state index is 6.13. The monoisotopic (exact) mass is 264 g/mol. The van der Waals surface area contributed by atoms with Gasteiger partial charge in [0, 0.05) is 0 Å². The van der Waals surface area contributed by atoms with Gasteiger partial charge >= 0.3 is 0 Å². The Morgan fingerprint density at radius 2 is 1.60 bits per heavy atom. The van der Waals surface area contributed by atoms with E-state index in [-0.39, 0.29) is 6.10 Å². The summed E-state index contributed by atoms with van der Waals surface area (Å²) in [7, 11) is 0. The van der Waals surface area contributed by atoms with Crippen molar-refractivity contribution in [2.24, 2.45) is 0 Å². The Morgan fingerprint density at radius 1 is 0.900 bits per heavy atom. The number of hydrogen-bond donors (Lipinski definition) is 0. The molecule has 0 aliphatic carbocycles. The van der Waals surface area contributed by atoms with Gasteiger partial charge in [0.15, 0.2) is 0 Å². The van der Waals surface area contributed by atoms with Crippen LogP contribution in [0.3, 0.4) is 0 Å². The van der Waals surface area contributed by atoms with Crippen molar-refractivity contribution < 1.29 is 4.74 Å². The molecule has 102 valence electrons.